The first-order valence-corrected chi connectivity index (χ1v) is 6.00. The summed E-state index contributed by atoms with van der Waals surface area (Å²) < 4.78 is 13.3. The predicted octanol–water partition coefficient (Wildman–Crippen LogP) is 2.02. The minimum atomic E-state index is -0.567. The van der Waals surface area contributed by atoms with E-state index in [9.17, 15) is 9.50 Å². The summed E-state index contributed by atoms with van der Waals surface area (Å²) in [4.78, 5) is 1.99. The van der Waals surface area contributed by atoms with Gasteiger partial charge in [-0.2, -0.15) is 5.26 Å². The Balaban J connectivity index is 0.00000180. The van der Waals surface area contributed by atoms with Gasteiger partial charge in [-0.15, -0.1) is 24.8 Å². The summed E-state index contributed by atoms with van der Waals surface area (Å²) in [5.74, 6) is -0.0961. The molecule has 7 heteroatoms. The molecule has 1 aromatic rings. The fourth-order valence-electron chi connectivity index (χ4n) is 2.29. The molecule has 0 radical (unpaired) electrons. The lowest BCUT2D eigenvalue weighted by Crippen LogP contribution is -2.45. The average molecular weight is 322 g/mol. The quantitative estimate of drug-likeness (QED) is 0.894. The number of nitrogens with one attached hydrogen (secondary N) is 1. The van der Waals surface area contributed by atoms with Crippen LogP contribution in [-0.2, 0) is 0 Å². The van der Waals surface area contributed by atoms with Gasteiger partial charge in [-0.3, -0.25) is 4.90 Å². The van der Waals surface area contributed by atoms with Crippen molar-refractivity contribution in [2.24, 2.45) is 0 Å². The van der Waals surface area contributed by atoms with Gasteiger partial charge < -0.3 is 10.4 Å². The molecule has 1 fully saturated rings. The third-order valence-corrected chi connectivity index (χ3v) is 3.29. The molecule has 1 atom stereocenters. The Bertz CT molecular complexity index is 461. The monoisotopic (exact) mass is 321 g/mol. The van der Waals surface area contributed by atoms with E-state index in [0.29, 0.717) is 5.56 Å². The molecule has 1 heterocycles. The summed E-state index contributed by atoms with van der Waals surface area (Å²) >= 11 is 0. The molecule has 1 aliphatic rings. The lowest BCUT2D eigenvalue weighted by atomic mass is 10.0. The highest BCUT2D eigenvalue weighted by Gasteiger charge is 2.25. The number of aromatic hydroxyl groups is 1. The van der Waals surface area contributed by atoms with E-state index in [1.807, 2.05) is 11.0 Å². The van der Waals surface area contributed by atoms with Crippen LogP contribution >= 0.6 is 24.8 Å². The molecule has 0 bridgehead atoms. The second-order valence-electron chi connectivity index (χ2n) is 4.31. The van der Waals surface area contributed by atoms with E-state index in [1.165, 1.54) is 6.07 Å². The summed E-state index contributed by atoms with van der Waals surface area (Å²) in [7, 11) is 0. The predicted molar refractivity (Wildman–Crippen MR) is 80.5 cm³/mol. The molecule has 1 aromatic carbocycles. The van der Waals surface area contributed by atoms with Gasteiger partial charge in [-0.25, -0.2) is 4.39 Å². The smallest absolute Gasteiger partial charge is 0.138 e. The molecule has 2 rings (SSSR count). The summed E-state index contributed by atoms with van der Waals surface area (Å²) in [5.41, 5.74) is 0.694. The minimum absolute atomic E-state index is 0. The second-order valence-corrected chi connectivity index (χ2v) is 4.31. The van der Waals surface area contributed by atoms with Crippen molar-refractivity contribution in [2.45, 2.75) is 6.04 Å². The normalized spacial score (nSPS) is 16.4. The van der Waals surface area contributed by atoms with Crippen LogP contribution in [0.2, 0.25) is 0 Å². The molecular weight excluding hydrogens is 304 g/mol. The van der Waals surface area contributed by atoms with Gasteiger partial charge in [0.15, 0.2) is 0 Å². The largest absolute Gasteiger partial charge is 0.506 e. The Morgan fingerprint density at radius 1 is 1.35 bits per heavy atom. The molecule has 1 aliphatic heterocycles. The molecule has 1 saturated heterocycles. The summed E-state index contributed by atoms with van der Waals surface area (Å²) in [6.07, 6.45) is 0. The van der Waals surface area contributed by atoms with Crippen molar-refractivity contribution < 1.29 is 9.50 Å². The van der Waals surface area contributed by atoms with Gasteiger partial charge in [-0.05, 0) is 6.07 Å². The van der Waals surface area contributed by atoms with Crippen molar-refractivity contribution in [3.63, 3.8) is 0 Å². The zero-order chi connectivity index (χ0) is 13.0. The topological polar surface area (TPSA) is 59.3 Å². The van der Waals surface area contributed by atoms with E-state index in [-0.39, 0.29) is 36.1 Å². The number of phenols is 1. The molecule has 4 nitrogen and oxygen atoms in total. The first-order chi connectivity index (χ1) is 8.77. The van der Waals surface area contributed by atoms with Gasteiger partial charge in [0, 0.05) is 31.7 Å². The molecule has 0 aliphatic carbocycles. The Labute approximate surface area is 130 Å². The molecule has 0 spiro atoms. The highest BCUT2D eigenvalue weighted by Crippen LogP contribution is 2.31. The van der Waals surface area contributed by atoms with Gasteiger partial charge in [0.1, 0.15) is 18.5 Å². The van der Waals surface area contributed by atoms with Gasteiger partial charge in [0.05, 0.1) is 11.6 Å². The first-order valence-electron chi connectivity index (χ1n) is 6.00. The van der Waals surface area contributed by atoms with Gasteiger partial charge in [0.2, 0.25) is 0 Å². The third-order valence-electron chi connectivity index (χ3n) is 3.29. The lowest BCUT2D eigenvalue weighted by Gasteiger charge is -2.33. The maximum Gasteiger partial charge on any atom is 0.138 e. The fraction of sp³-hybridized carbons (Fsp3) is 0.462. The number of benzene rings is 1. The minimum Gasteiger partial charge on any atom is -0.506 e. The number of rotatable bonds is 3. The van der Waals surface area contributed by atoms with Gasteiger partial charge in [0.25, 0.3) is 0 Å². The van der Waals surface area contributed by atoms with Crippen LogP contribution in [0.25, 0.3) is 0 Å². The number of halogens is 3. The Morgan fingerprint density at radius 2 is 2.00 bits per heavy atom. The van der Waals surface area contributed by atoms with Crippen molar-refractivity contribution in [1.29, 1.82) is 5.26 Å². The Hall–Kier alpha value is -1.06. The Kier molecular flexibility index (Phi) is 8.51. The number of hydrogen-bond donors (Lipinski definition) is 2. The molecule has 0 unspecified atom stereocenters. The zero-order valence-corrected chi connectivity index (χ0v) is 12.5. The van der Waals surface area contributed by atoms with Gasteiger partial charge >= 0.3 is 0 Å². The molecule has 2 N–H and O–H groups in total. The van der Waals surface area contributed by atoms with Crippen molar-refractivity contribution >= 4 is 24.8 Å². The molecule has 20 heavy (non-hydrogen) atoms. The molecular formula is C13H18Cl2FN3O. The first kappa shape index (κ1) is 18.9. The van der Waals surface area contributed by atoms with Gasteiger partial charge in [-0.1, -0.05) is 12.1 Å². The maximum atomic E-state index is 13.3. The van der Waals surface area contributed by atoms with E-state index >= 15 is 0 Å². The van der Waals surface area contributed by atoms with Crippen molar-refractivity contribution in [1.82, 2.24) is 10.2 Å². The van der Waals surface area contributed by atoms with Crippen LogP contribution in [0, 0.1) is 11.3 Å². The van der Waals surface area contributed by atoms with Crippen LogP contribution in [0.3, 0.4) is 0 Å². The number of hydrogen-bond acceptors (Lipinski definition) is 4. The molecule has 0 amide bonds. The van der Waals surface area contributed by atoms with Crippen molar-refractivity contribution in [3.05, 3.63) is 29.3 Å². The van der Waals surface area contributed by atoms with E-state index in [1.54, 1.807) is 12.1 Å². The number of para-hydroxylation sites is 1. The van der Waals surface area contributed by atoms with E-state index in [2.05, 4.69) is 5.32 Å². The van der Waals surface area contributed by atoms with E-state index in [4.69, 9.17) is 5.26 Å². The van der Waals surface area contributed by atoms with E-state index < -0.39 is 12.7 Å². The number of nitriles is 1. The maximum absolute atomic E-state index is 13.3. The Morgan fingerprint density at radius 3 is 2.55 bits per heavy atom. The molecule has 0 aromatic heterocycles. The highest BCUT2D eigenvalue weighted by atomic mass is 35.5. The van der Waals surface area contributed by atoms with Crippen LogP contribution in [0.4, 0.5) is 4.39 Å². The standard InChI is InChI=1S/C13H16FN3O.2ClH/c14-8-12(17-6-4-16-5-7-17)11-3-1-2-10(9-15)13(11)18;;/h1-3,12,16,18H,4-8H2;2*1H/t12-;;/m0../s1. The van der Waals surface area contributed by atoms with Crippen LogP contribution in [0.15, 0.2) is 18.2 Å². The average Bonchev–Trinajstić information content (AvgIpc) is 2.43. The summed E-state index contributed by atoms with van der Waals surface area (Å²) in [6.45, 7) is 2.54. The van der Waals surface area contributed by atoms with Crippen LogP contribution in [0.1, 0.15) is 17.2 Å². The van der Waals surface area contributed by atoms with Crippen LogP contribution in [0.5, 0.6) is 5.75 Å². The zero-order valence-electron chi connectivity index (χ0n) is 10.9. The number of alkyl halides is 1. The third kappa shape index (κ3) is 3.97. The number of phenolic OH excluding ortho intramolecular Hbond substituents is 1. The molecule has 112 valence electrons. The summed E-state index contributed by atoms with van der Waals surface area (Å²) in [6, 6.07) is 6.34. The van der Waals surface area contributed by atoms with Crippen molar-refractivity contribution in [3.8, 4) is 11.8 Å². The lowest BCUT2D eigenvalue weighted by molar-refractivity contribution is 0.145. The van der Waals surface area contributed by atoms with E-state index in [0.717, 1.165) is 26.2 Å². The van der Waals surface area contributed by atoms with Crippen molar-refractivity contribution in [2.75, 3.05) is 32.9 Å². The van der Waals surface area contributed by atoms with Crippen LogP contribution in [-0.4, -0.2) is 42.9 Å². The highest BCUT2D eigenvalue weighted by molar-refractivity contribution is 5.85. The number of nitrogens with zero attached hydrogens (tertiary/aromatic N) is 2. The fourth-order valence-corrected chi connectivity index (χ4v) is 2.29. The summed E-state index contributed by atoms with van der Waals surface area (Å²) in [5, 5.41) is 22.1. The second kappa shape index (κ2) is 8.98. The molecule has 0 saturated carbocycles. The number of piperazine rings is 1. The SMILES string of the molecule is Cl.Cl.N#Cc1cccc([C@H](CF)N2CCNCC2)c1O. The van der Waals surface area contributed by atoms with Crippen LogP contribution < -0.4 is 5.32 Å².